The van der Waals surface area contributed by atoms with E-state index >= 15 is 0 Å². The van der Waals surface area contributed by atoms with E-state index in [0.29, 0.717) is 0 Å². The number of likely N-dealkylation sites (tertiary alicyclic amines) is 1. The highest BCUT2D eigenvalue weighted by molar-refractivity contribution is 5.80. The van der Waals surface area contributed by atoms with Crippen molar-refractivity contribution in [3.8, 4) is 0 Å². The Balaban J connectivity index is 2.42. The summed E-state index contributed by atoms with van der Waals surface area (Å²) >= 11 is 0. The fourth-order valence-electron chi connectivity index (χ4n) is 1.68. The monoisotopic (exact) mass is 199 g/mol. The van der Waals surface area contributed by atoms with E-state index in [1.165, 1.54) is 0 Å². The third-order valence-corrected chi connectivity index (χ3v) is 2.73. The van der Waals surface area contributed by atoms with Crippen LogP contribution >= 0.6 is 0 Å². The molecule has 0 aromatic carbocycles. The Morgan fingerprint density at radius 1 is 1.50 bits per heavy atom. The summed E-state index contributed by atoms with van der Waals surface area (Å²) < 4.78 is 0. The van der Waals surface area contributed by atoms with Crippen LogP contribution in [0, 0.1) is 5.92 Å². The lowest BCUT2D eigenvalue weighted by molar-refractivity contribution is -0.150. The lowest BCUT2D eigenvalue weighted by Crippen LogP contribution is -2.40. The molecular formula is C9H17N3O2. The van der Waals surface area contributed by atoms with Crippen LogP contribution in [0.4, 0.5) is 0 Å². The highest BCUT2D eigenvalue weighted by Gasteiger charge is 2.26. The van der Waals surface area contributed by atoms with Gasteiger partial charge in [-0.2, -0.15) is 5.90 Å². The molecule has 0 amide bonds. The van der Waals surface area contributed by atoms with Crippen molar-refractivity contribution >= 4 is 11.8 Å². The van der Waals surface area contributed by atoms with Gasteiger partial charge in [0.2, 0.25) is 0 Å². The Morgan fingerprint density at radius 3 is 2.50 bits per heavy atom. The molecule has 80 valence electrons. The molecule has 5 heteroatoms. The van der Waals surface area contributed by atoms with Crippen LogP contribution in [0.15, 0.2) is 4.99 Å². The lowest BCUT2D eigenvalue weighted by Gasteiger charge is -2.31. The van der Waals surface area contributed by atoms with Crippen molar-refractivity contribution in [1.82, 2.24) is 4.90 Å². The van der Waals surface area contributed by atoms with Gasteiger partial charge in [0.15, 0.2) is 0 Å². The molecule has 5 nitrogen and oxygen atoms in total. The number of nitrogens with two attached hydrogens (primary N) is 1. The Bertz CT molecular complexity index is 232. The van der Waals surface area contributed by atoms with E-state index in [1.54, 1.807) is 7.05 Å². The second-order valence-electron chi connectivity index (χ2n) is 3.47. The van der Waals surface area contributed by atoms with Gasteiger partial charge in [0.05, 0.1) is 11.8 Å². The average molecular weight is 199 g/mol. The first kappa shape index (κ1) is 11.0. The van der Waals surface area contributed by atoms with Gasteiger partial charge in [-0.05, 0) is 19.8 Å². The molecule has 1 aliphatic rings. The molecule has 0 aromatic rings. The van der Waals surface area contributed by atoms with E-state index in [1.807, 2.05) is 6.92 Å². The van der Waals surface area contributed by atoms with Crippen LogP contribution < -0.4 is 5.90 Å². The lowest BCUT2D eigenvalue weighted by atomic mass is 9.97. The average Bonchev–Trinajstić information content (AvgIpc) is 2.27. The Morgan fingerprint density at radius 2 is 2.07 bits per heavy atom. The number of nitrogens with zero attached hydrogens (tertiary/aromatic N) is 2. The number of aliphatic imine (C=N–C) groups is 1. The number of rotatable bonds is 1. The summed E-state index contributed by atoms with van der Waals surface area (Å²) in [5, 5.41) is 0. The molecule has 0 aromatic heterocycles. The molecule has 2 N–H and O–H groups in total. The first-order valence-corrected chi connectivity index (χ1v) is 4.78. The molecular weight excluding hydrogens is 182 g/mol. The summed E-state index contributed by atoms with van der Waals surface area (Å²) in [4.78, 5) is 21.6. The van der Waals surface area contributed by atoms with Crippen molar-refractivity contribution in [3.63, 3.8) is 0 Å². The number of hydrogen-bond donors (Lipinski definition) is 1. The summed E-state index contributed by atoms with van der Waals surface area (Å²) in [6.45, 7) is 3.67. The molecule has 14 heavy (non-hydrogen) atoms. The van der Waals surface area contributed by atoms with Crippen molar-refractivity contribution in [1.29, 1.82) is 0 Å². The molecule has 1 aliphatic heterocycles. The van der Waals surface area contributed by atoms with Crippen LogP contribution in [0.1, 0.15) is 19.8 Å². The Hall–Kier alpha value is -1.10. The zero-order valence-electron chi connectivity index (χ0n) is 8.69. The first-order chi connectivity index (χ1) is 6.69. The molecule has 1 rings (SSSR count). The largest absolute Gasteiger partial charge is 0.373 e. The third-order valence-electron chi connectivity index (χ3n) is 2.73. The Kier molecular flexibility index (Phi) is 3.88. The maximum atomic E-state index is 11.1. The van der Waals surface area contributed by atoms with Crippen LogP contribution in [0.5, 0.6) is 0 Å². The number of carbonyl (C=O) groups is 1. The van der Waals surface area contributed by atoms with Gasteiger partial charge in [0, 0.05) is 20.1 Å². The van der Waals surface area contributed by atoms with Gasteiger partial charge in [0.1, 0.15) is 0 Å². The second-order valence-corrected chi connectivity index (χ2v) is 3.47. The molecule has 0 saturated carbocycles. The van der Waals surface area contributed by atoms with Gasteiger partial charge < -0.3 is 9.74 Å². The molecule has 1 fully saturated rings. The van der Waals surface area contributed by atoms with E-state index in [2.05, 4.69) is 14.7 Å². The van der Waals surface area contributed by atoms with Crippen molar-refractivity contribution in [3.05, 3.63) is 0 Å². The maximum Gasteiger partial charge on any atom is 0.327 e. The summed E-state index contributed by atoms with van der Waals surface area (Å²) in [7, 11) is 1.77. The van der Waals surface area contributed by atoms with E-state index in [-0.39, 0.29) is 11.9 Å². The van der Waals surface area contributed by atoms with E-state index in [0.717, 1.165) is 31.8 Å². The fraction of sp³-hybridized carbons (Fsp3) is 0.778. The predicted octanol–water partition coefficient (Wildman–Crippen LogP) is 0.164. The maximum absolute atomic E-state index is 11.1. The van der Waals surface area contributed by atoms with Gasteiger partial charge in [0.25, 0.3) is 0 Å². The van der Waals surface area contributed by atoms with E-state index in [9.17, 15) is 4.79 Å². The molecule has 1 heterocycles. The van der Waals surface area contributed by atoms with Gasteiger partial charge in [-0.3, -0.25) is 9.79 Å². The highest BCUT2D eigenvalue weighted by Crippen LogP contribution is 2.18. The van der Waals surface area contributed by atoms with Gasteiger partial charge in [-0.1, -0.05) is 0 Å². The van der Waals surface area contributed by atoms with Gasteiger partial charge >= 0.3 is 5.97 Å². The van der Waals surface area contributed by atoms with E-state index in [4.69, 9.17) is 5.90 Å². The molecule has 0 unspecified atom stereocenters. The van der Waals surface area contributed by atoms with Crippen molar-refractivity contribution in [2.45, 2.75) is 19.8 Å². The minimum atomic E-state index is -0.296. The number of piperidine rings is 1. The normalized spacial score (nSPS) is 19.6. The third kappa shape index (κ3) is 2.45. The number of hydrogen-bond acceptors (Lipinski definition) is 4. The molecule has 0 aliphatic carbocycles. The number of amidine groups is 1. The van der Waals surface area contributed by atoms with Crippen LogP contribution in [0.3, 0.4) is 0 Å². The van der Waals surface area contributed by atoms with Gasteiger partial charge in [-0.15, -0.1) is 0 Å². The summed E-state index contributed by atoms with van der Waals surface area (Å²) in [6.07, 6.45) is 1.59. The van der Waals surface area contributed by atoms with Crippen molar-refractivity contribution < 1.29 is 9.63 Å². The zero-order valence-corrected chi connectivity index (χ0v) is 8.69. The van der Waals surface area contributed by atoms with Crippen LogP contribution in [0.2, 0.25) is 0 Å². The quantitative estimate of drug-likeness (QED) is 0.371. The van der Waals surface area contributed by atoms with Crippen molar-refractivity contribution in [2.24, 2.45) is 16.8 Å². The van der Waals surface area contributed by atoms with Crippen LogP contribution in [-0.4, -0.2) is 36.8 Å². The standard InChI is InChI=1S/C9H17N3O2/c1-7(11-2)12-5-3-8(4-6-12)9(13)14-10/h8H,3-6,10H2,1-2H3/b11-7+. The molecule has 0 atom stereocenters. The molecule has 0 radical (unpaired) electrons. The first-order valence-electron chi connectivity index (χ1n) is 4.78. The van der Waals surface area contributed by atoms with E-state index < -0.39 is 0 Å². The zero-order chi connectivity index (χ0) is 10.6. The Labute approximate surface area is 83.9 Å². The van der Waals surface area contributed by atoms with Crippen LogP contribution in [-0.2, 0) is 9.63 Å². The molecule has 0 spiro atoms. The smallest absolute Gasteiger partial charge is 0.327 e. The fourth-order valence-corrected chi connectivity index (χ4v) is 1.68. The predicted molar refractivity (Wildman–Crippen MR) is 53.6 cm³/mol. The minimum absolute atomic E-state index is 0.0408. The second kappa shape index (κ2) is 4.95. The molecule has 0 bridgehead atoms. The SMILES string of the molecule is C/N=C(\C)N1CCC(C(=O)ON)CC1. The molecule has 1 saturated heterocycles. The highest BCUT2D eigenvalue weighted by atomic mass is 16.7. The van der Waals surface area contributed by atoms with Gasteiger partial charge in [-0.25, -0.2) is 0 Å². The summed E-state index contributed by atoms with van der Waals surface area (Å²) in [5.41, 5.74) is 0. The topological polar surface area (TPSA) is 67.9 Å². The number of carbonyl (C=O) groups excluding carboxylic acids is 1. The van der Waals surface area contributed by atoms with Crippen molar-refractivity contribution in [2.75, 3.05) is 20.1 Å². The summed E-state index contributed by atoms with van der Waals surface area (Å²) in [6, 6.07) is 0. The van der Waals surface area contributed by atoms with Crippen LogP contribution in [0.25, 0.3) is 0 Å². The summed E-state index contributed by atoms with van der Waals surface area (Å²) in [5.74, 6) is 5.52. The minimum Gasteiger partial charge on any atom is -0.373 e.